The molecule has 48 heavy (non-hydrogen) atoms. The largest absolute Gasteiger partial charge is 0.480 e. The van der Waals surface area contributed by atoms with E-state index in [4.69, 9.17) is 0 Å². The van der Waals surface area contributed by atoms with Crippen LogP contribution in [0.25, 0.3) is 22.5 Å². The SMILES string of the molecule is CCC1CCC(c2ccc(-c3cnc(-c4ccc(C[C@@H](NC(=O)c5ccc(C(C)(C)C)s5)C(=O)N[C@@H](C)C(=O)O)cc4)nc3)cc2)CC1. The maximum Gasteiger partial charge on any atom is 0.325 e. The van der Waals surface area contributed by atoms with E-state index >= 15 is 0 Å². The molecule has 0 unspecified atom stereocenters. The predicted octanol–water partition coefficient (Wildman–Crippen LogP) is 7.78. The Labute approximate surface area is 287 Å². The Balaban J connectivity index is 1.25. The van der Waals surface area contributed by atoms with Crippen molar-refractivity contribution < 1.29 is 19.5 Å². The van der Waals surface area contributed by atoms with Gasteiger partial charge in [0.2, 0.25) is 5.91 Å². The fourth-order valence-electron chi connectivity index (χ4n) is 6.18. The number of carbonyl (C=O) groups excluding carboxylic acids is 2. The van der Waals surface area contributed by atoms with Gasteiger partial charge in [0.05, 0.1) is 4.88 Å². The zero-order valence-corrected chi connectivity index (χ0v) is 29.3. The fraction of sp³-hybridized carbons (Fsp3) is 0.410. The molecule has 2 amide bonds. The van der Waals surface area contributed by atoms with Gasteiger partial charge in [-0.15, -0.1) is 11.3 Å². The van der Waals surface area contributed by atoms with Crippen molar-refractivity contribution in [3.63, 3.8) is 0 Å². The van der Waals surface area contributed by atoms with Gasteiger partial charge in [0.25, 0.3) is 5.91 Å². The number of rotatable bonds is 11. The smallest absolute Gasteiger partial charge is 0.325 e. The second-order valence-electron chi connectivity index (χ2n) is 14.0. The summed E-state index contributed by atoms with van der Waals surface area (Å²) in [6.07, 6.45) is 10.3. The molecule has 2 aromatic carbocycles. The summed E-state index contributed by atoms with van der Waals surface area (Å²) in [5.41, 5.74) is 4.97. The molecule has 0 radical (unpaired) electrons. The van der Waals surface area contributed by atoms with Crippen molar-refractivity contribution in [2.75, 3.05) is 0 Å². The van der Waals surface area contributed by atoms with Crippen LogP contribution >= 0.6 is 11.3 Å². The van der Waals surface area contributed by atoms with Gasteiger partial charge in [-0.25, -0.2) is 9.97 Å². The normalized spacial score (nSPS) is 17.7. The molecule has 0 spiro atoms. The van der Waals surface area contributed by atoms with E-state index in [0.717, 1.165) is 33.0 Å². The molecule has 1 aliphatic rings. The molecule has 3 N–H and O–H groups in total. The average molecular weight is 667 g/mol. The second-order valence-corrected chi connectivity index (χ2v) is 15.0. The Hall–Kier alpha value is -4.37. The lowest BCUT2D eigenvalue weighted by atomic mass is 9.78. The number of thiophene rings is 1. The van der Waals surface area contributed by atoms with E-state index in [2.05, 4.69) is 72.6 Å². The third-order valence-corrected chi connectivity index (χ3v) is 10.9. The van der Waals surface area contributed by atoms with Crippen LogP contribution in [0.3, 0.4) is 0 Å². The van der Waals surface area contributed by atoms with Gasteiger partial charge in [-0.3, -0.25) is 14.4 Å². The maximum atomic E-state index is 13.2. The summed E-state index contributed by atoms with van der Waals surface area (Å²) < 4.78 is 0. The summed E-state index contributed by atoms with van der Waals surface area (Å²) >= 11 is 1.38. The van der Waals surface area contributed by atoms with Crippen LogP contribution in [-0.4, -0.2) is 44.9 Å². The van der Waals surface area contributed by atoms with E-state index in [1.54, 1.807) is 6.07 Å². The van der Waals surface area contributed by atoms with E-state index < -0.39 is 24.0 Å². The fourth-order valence-corrected chi connectivity index (χ4v) is 7.15. The number of benzene rings is 2. The van der Waals surface area contributed by atoms with Crippen LogP contribution < -0.4 is 10.6 Å². The molecule has 1 fully saturated rings. The third kappa shape index (κ3) is 8.75. The van der Waals surface area contributed by atoms with E-state index in [9.17, 15) is 19.5 Å². The number of hydrogen-bond acceptors (Lipinski definition) is 6. The Morgan fingerprint density at radius 1 is 0.854 bits per heavy atom. The Bertz CT molecular complexity index is 1700. The van der Waals surface area contributed by atoms with Crippen molar-refractivity contribution >= 4 is 29.1 Å². The molecule has 252 valence electrons. The van der Waals surface area contributed by atoms with Crippen molar-refractivity contribution in [3.8, 4) is 22.5 Å². The summed E-state index contributed by atoms with van der Waals surface area (Å²) in [5.74, 6) is 0.0265. The van der Waals surface area contributed by atoms with E-state index in [1.807, 2.05) is 42.7 Å². The molecule has 8 nitrogen and oxygen atoms in total. The lowest BCUT2D eigenvalue weighted by Gasteiger charge is -2.28. The lowest BCUT2D eigenvalue weighted by Crippen LogP contribution is -2.51. The number of carboxylic acids is 1. The highest BCUT2D eigenvalue weighted by atomic mass is 32.1. The number of nitrogens with zero attached hydrogens (tertiary/aromatic N) is 2. The molecule has 1 saturated carbocycles. The number of aliphatic carboxylic acids is 1. The van der Waals surface area contributed by atoms with Crippen LogP contribution in [0.2, 0.25) is 0 Å². The molecular weight excluding hydrogens is 621 g/mol. The Morgan fingerprint density at radius 3 is 2.04 bits per heavy atom. The average Bonchev–Trinajstić information content (AvgIpc) is 3.60. The van der Waals surface area contributed by atoms with Gasteiger partial charge in [0.1, 0.15) is 12.1 Å². The molecule has 0 bridgehead atoms. The first-order valence-corrected chi connectivity index (χ1v) is 17.7. The highest BCUT2D eigenvalue weighted by Crippen LogP contribution is 2.37. The molecule has 2 heterocycles. The van der Waals surface area contributed by atoms with Gasteiger partial charge < -0.3 is 15.7 Å². The first-order chi connectivity index (χ1) is 22.9. The summed E-state index contributed by atoms with van der Waals surface area (Å²) in [7, 11) is 0. The van der Waals surface area contributed by atoms with Crippen molar-refractivity contribution in [3.05, 3.63) is 93.9 Å². The van der Waals surface area contributed by atoms with Crippen LogP contribution in [-0.2, 0) is 21.4 Å². The molecule has 4 aromatic rings. The minimum Gasteiger partial charge on any atom is -0.480 e. The third-order valence-electron chi connectivity index (χ3n) is 9.36. The van der Waals surface area contributed by atoms with Crippen molar-refractivity contribution in [1.82, 2.24) is 20.6 Å². The Morgan fingerprint density at radius 2 is 1.48 bits per heavy atom. The number of carboxylic acid groups (broad SMARTS) is 1. The van der Waals surface area contributed by atoms with Crippen LogP contribution in [0.4, 0.5) is 0 Å². The van der Waals surface area contributed by atoms with E-state index in [-0.39, 0.29) is 17.7 Å². The van der Waals surface area contributed by atoms with Crippen LogP contribution in [0.1, 0.15) is 98.3 Å². The molecule has 9 heteroatoms. The topological polar surface area (TPSA) is 121 Å². The van der Waals surface area contributed by atoms with Crippen LogP contribution in [0.15, 0.2) is 73.1 Å². The van der Waals surface area contributed by atoms with Gasteiger partial charge in [0.15, 0.2) is 5.82 Å². The summed E-state index contributed by atoms with van der Waals surface area (Å²) in [5, 5.41) is 14.6. The molecule has 5 rings (SSSR count). The van der Waals surface area contributed by atoms with Gasteiger partial charge >= 0.3 is 5.97 Å². The molecule has 1 aliphatic carbocycles. The quantitative estimate of drug-likeness (QED) is 0.150. The highest BCUT2D eigenvalue weighted by molar-refractivity contribution is 7.14. The van der Waals surface area contributed by atoms with Crippen LogP contribution in [0.5, 0.6) is 0 Å². The van der Waals surface area contributed by atoms with E-state index in [1.165, 1.54) is 55.9 Å². The highest BCUT2D eigenvalue weighted by Gasteiger charge is 2.27. The van der Waals surface area contributed by atoms with E-state index in [0.29, 0.717) is 16.6 Å². The summed E-state index contributed by atoms with van der Waals surface area (Å²) in [6.45, 7) is 9.91. The van der Waals surface area contributed by atoms with Crippen molar-refractivity contribution in [1.29, 1.82) is 0 Å². The zero-order valence-electron chi connectivity index (χ0n) is 28.5. The van der Waals surface area contributed by atoms with Gasteiger partial charge in [-0.1, -0.05) is 82.6 Å². The Kier molecular flexibility index (Phi) is 11.1. The number of carbonyl (C=O) groups is 3. The number of nitrogens with one attached hydrogen (secondary N) is 2. The maximum absolute atomic E-state index is 13.2. The molecule has 0 aliphatic heterocycles. The first-order valence-electron chi connectivity index (χ1n) is 16.9. The monoisotopic (exact) mass is 666 g/mol. The van der Waals surface area contributed by atoms with Gasteiger partial charge in [-0.05, 0) is 78.7 Å². The first kappa shape index (κ1) is 35.0. The zero-order chi connectivity index (χ0) is 34.4. The molecule has 2 atom stereocenters. The number of hydrogen-bond donors (Lipinski definition) is 3. The van der Waals surface area contributed by atoms with Gasteiger partial charge in [-0.2, -0.15) is 0 Å². The lowest BCUT2D eigenvalue weighted by molar-refractivity contribution is -0.141. The minimum atomic E-state index is -1.15. The van der Waals surface area contributed by atoms with Gasteiger partial charge in [0, 0.05) is 34.8 Å². The predicted molar refractivity (Wildman–Crippen MR) is 191 cm³/mol. The van der Waals surface area contributed by atoms with Crippen molar-refractivity contribution in [2.24, 2.45) is 5.92 Å². The summed E-state index contributed by atoms with van der Waals surface area (Å²) in [6, 6.07) is 17.9. The molecule has 0 saturated heterocycles. The van der Waals surface area contributed by atoms with Crippen molar-refractivity contribution in [2.45, 2.75) is 96.6 Å². The molecule has 2 aromatic heterocycles. The standard InChI is InChI=1S/C39H46N4O4S/c1-6-25-7-11-27(12-8-25)28-15-17-29(18-16-28)31-22-40-35(41-23-31)30-13-9-26(10-14-30)21-32(36(44)42-24(2)38(46)47)43-37(45)33-19-20-34(48-33)39(3,4)5/h9-10,13-20,22-25,27,32H,6-8,11-12,21H2,1-5H3,(H,42,44)(H,43,45)(H,46,47)/t24-,25?,27?,32+/m0/s1. The minimum absolute atomic E-state index is 0.110. The number of aromatic nitrogens is 2. The summed E-state index contributed by atoms with van der Waals surface area (Å²) in [4.78, 5) is 48.5. The number of amides is 2. The second kappa shape index (κ2) is 15.2. The molecular formula is C39H46N4O4S. The van der Waals surface area contributed by atoms with Crippen LogP contribution in [0, 0.1) is 5.92 Å².